The quantitative estimate of drug-likeness (QED) is 0.254. The van der Waals surface area contributed by atoms with Gasteiger partial charge >= 0.3 is 0 Å². The van der Waals surface area contributed by atoms with E-state index in [9.17, 15) is 9.90 Å². The van der Waals surface area contributed by atoms with E-state index in [-0.39, 0.29) is 12.5 Å². The van der Waals surface area contributed by atoms with Gasteiger partial charge < -0.3 is 25.2 Å². The minimum absolute atomic E-state index is 0.0406. The van der Waals surface area contributed by atoms with Crippen LogP contribution in [0.4, 0.5) is 11.6 Å². The Morgan fingerprint density at radius 2 is 1.95 bits per heavy atom. The van der Waals surface area contributed by atoms with Crippen molar-refractivity contribution in [3.05, 3.63) is 101 Å². The Hall–Kier alpha value is -4.70. The van der Waals surface area contributed by atoms with Crippen molar-refractivity contribution in [2.24, 2.45) is 0 Å². The van der Waals surface area contributed by atoms with Gasteiger partial charge in [-0.3, -0.25) is 9.78 Å². The molecule has 0 saturated carbocycles. The number of ether oxygens (including phenoxy) is 2. The number of aromatic nitrogens is 4. The number of hydrogen-bond donors (Lipinski definition) is 3. The molecule has 0 radical (unpaired) electrons. The standard InChI is InChI=1S/C30H32N6O4/c1-3-39-25-17-22(13-14-24(25)40-19-21-9-5-4-6-10-21)28-27(29(38)33-23-11-7-15-31-18-23)20(2)32-30-34-26(12-8-16-37)35-36(28)30/h4-7,9-11,13-15,17-18,28,37H,3,8,12,16,19H2,1-2H3,(H,33,38)(H,32,34,35)/t28-/m1/s1. The summed E-state index contributed by atoms with van der Waals surface area (Å²) in [5.41, 5.74) is 3.55. The van der Waals surface area contributed by atoms with E-state index >= 15 is 0 Å². The highest BCUT2D eigenvalue weighted by Crippen LogP contribution is 2.39. The number of aliphatic hydroxyl groups excluding tert-OH is 1. The number of hydrogen-bond acceptors (Lipinski definition) is 8. The third-order valence-electron chi connectivity index (χ3n) is 6.44. The van der Waals surface area contributed by atoms with Gasteiger partial charge in [-0.05, 0) is 55.7 Å². The molecule has 40 heavy (non-hydrogen) atoms. The Labute approximate surface area is 232 Å². The largest absolute Gasteiger partial charge is 0.490 e. The molecule has 0 bridgehead atoms. The highest BCUT2D eigenvalue weighted by molar-refractivity contribution is 6.05. The summed E-state index contributed by atoms with van der Waals surface area (Å²) >= 11 is 0. The van der Waals surface area contributed by atoms with Crippen LogP contribution in [0.25, 0.3) is 0 Å². The first-order chi connectivity index (χ1) is 19.6. The third kappa shape index (κ3) is 5.97. The Balaban J connectivity index is 1.53. The summed E-state index contributed by atoms with van der Waals surface area (Å²) < 4.78 is 13.8. The fourth-order valence-electron chi connectivity index (χ4n) is 4.59. The maximum atomic E-state index is 13.7. The molecule has 3 N–H and O–H groups in total. The number of allylic oxidation sites excluding steroid dienone is 1. The highest BCUT2D eigenvalue weighted by Gasteiger charge is 2.35. The number of carbonyl (C=O) groups excluding carboxylic acids is 1. The number of nitrogens with zero attached hydrogens (tertiary/aromatic N) is 4. The molecule has 2 aromatic carbocycles. The van der Waals surface area contributed by atoms with Crippen LogP contribution in [0.5, 0.6) is 11.5 Å². The van der Waals surface area contributed by atoms with Crippen LogP contribution in [-0.4, -0.2) is 44.0 Å². The molecular weight excluding hydrogens is 508 g/mol. The molecule has 4 aromatic rings. The van der Waals surface area contributed by atoms with E-state index in [2.05, 4.69) is 20.6 Å². The molecule has 1 amide bonds. The maximum Gasteiger partial charge on any atom is 0.255 e. The minimum atomic E-state index is -0.592. The lowest BCUT2D eigenvalue weighted by Gasteiger charge is -2.29. The van der Waals surface area contributed by atoms with E-state index in [1.807, 2.05) is 62.4 Å². The average molecular weight is 541 g/mol. The predicted octanol–water partition coefficient (Wildman–Crippen LogP) is 4.50. The van der Waals surface area contributed by atoms with Crippen LogP contribution < -0.4 is 20.1 Å². The highest BCUT2D eigenvalue weighted by atomic mass is 16.5. The van der Waals surface area contributed by atoms with Gasteiger partial charge in [0.2, 0.25) is 5.95 Å². The molecule has 3 heterocycles. The fourth-order valence-corrected chi connectivity index (χ4v) is 4.59. The second-order valence-corrected chi connectivity index (χ2v) is 9.30. The lowest BCUT2D eigenvalue weighted by Crippen LogP contribution is -2.31. The predicted molar refractivity (Wildman–Crippen MR) is 151 cm³/mol. The number of nitrogens with one attached hydrogen (secondary N) is 2. The van der Waals surface area contributed by atoms with Crippen LogP contribution in [0.3, 0.4) is 0 Å². The monoisotopic (exact) mass is 540 g/mol. The van der Waals surface area contributed by atoms with Gasteiger partial charge in [0.15, 0.2) is 17.3 Å². The number of rotatable bonds is 11. The summed E-state index contributed by atoms with van der Waals surface area (Å²) in [4.78, 5) is 22.4. The van der Waals surface area contributed by atoms with Gasteiger partial charge in [-0.1, -0.05) is 36.4 Å². The number of fused-ring (bicyclic) bond motifs is 1. The minimum Gasteiger partial charge on any atom is -0.490 e. The van der Waals surface area contributed by atoms with E-state index in [4.69, 9.17) is 14.6 Å². The van der Waals surface area contributed by atoms with Crippen LogP contribution in [0.15, 0.2) is 84.3 Å². The van der Waals surface area contributed by atoms with Crippen LogP contribution >= 0.6 is 0 Å². The summed E-state index contributed by atoms with van der Waals surface area (Å²) in [6.45, 7) is 4.64. The number of carbonyl (C=O) groups is 1. The van der Waals surface area contributed by atoms with Crippen molar-refractivity contribution in [1.82, 2.24) is 19.7 Å². The first kappa shape index (κ1) is 26.9. The molecule has 1 aliphatic rings. The van der Waals surface area contributed by atoms with Gasteiger partial charge in [-0.25, -0.2) is 4.68 Å². The van der Waals surface area contributed by atoms with Crippen molar-refractivity contribution in [3.63, 3.8) is 0 Å². The van der Waals surface area contributed by atoms with Gasteiger partial charge in [0.25, 0.3) is 5.91 Å². The van der Waals surface area contributed by atoms with Crippen molar-refractivity contribution >= 4 is 17.5 Å². The molecule has 10 heteroatoms. The first-order valence-corrected chi connectivity index (χ1v) is 13.3. The molecule has 0 saturated heterocycles. The lowest BCUT2D eigenvalue weighted by molar-refractivity contribution is -0.113. The zero-order chi connectivity index (χ0) is 27.9. The maximum absolute atomic E-state index is 13.7. The summed E-state index contributed by atoms with van der Waals surface area (Å²) in [5.74, 6) is 1.99. The normalized spacial score (nSPS) is 14.3. The summed E-state index contributed by atoms with van der Waals surface area (Å²) in [6.07, 6.45) is 4.30. The molecular formula is C30H32N6O4. The van der Waals surface area contributed by atoms with Crippen molar-refractivity contribution in [2.75, 3.05) is 23.8 Å². The molecule has 2 aromatic heterocycles. The van der Waals surface area contributed by atoms with Gasteiger partial charge in [-0.15, -0.1) is 0 Å². The van der Waals surface area contributed by atoms with Crippen LogP contribution in [0.1, 0.15) is 43.3 Å². The first-order valence-electron chi connectivity index (χ1n) is 13.3. The number of aryl methyl sites for hydroxylation is 1. The summed E-state index contributed by atoms with van der Waals surface area (Å²) in [6, 6.07) is 18.5. The lowest BCUT2D eigenvalue weighted by atomic mass is 9.94. The fraction of sp³-hybridized carbons (Fsp3) is 0.267. The molecule has 206 valence electrons. The Bertz CT molecular complexity index is 1490. The Morgan fingerprint density at radius 3 is 2.70 bits per heavy atom. The number of anilines is 2. The molecule has 1 aliphatic heterocycles. The Morgan fingerprint density at radius 1 is 1.10 bits per heavy atom. The number of aliphatic hydroxyl groups is 1. The van der Waals surface area contributed by atoms with Crippen molar-refractivity contribution in [3.8, 4) is 11.5 Å². The zero-order valence-electron chi connectivity index (χ0n) is 22.5. The van der Waals surface area contributed by atoms with Crippen molar-refractivity contribution < 1.29 is 19.4 Å². The van der Waals surface area contributed by atoms with E-state index in [0.29, 0.717) is 66.3 Å². The SMILES string of the molecule is CCOc1cc([C@@H]2C(C(=O)Nc3cccnc3)=C(C)Nc3nc(CCCO)nn32)ccc1OCc1ccccc1. The molecule has 0 fully saturated rings. The third-order valence-corrected chi connectivity index (χ3v) is 6.44. The van der Waals surface area contributed by atoms with Gasteiger partial charge in [-0.2, -0.15) is 10.1 Å². The molecule has 0 unspecified atom stereocenters. The molecule has 0 spiro atoms. The zero-order valence-corrected chi connectivity index (χ0v) is 22.5. The molecule has 10 nitrogen and oxygen atoms in total. The van der Waals surface area contributed by atoms with E-state index in [0.717, 1.165) is 11.1 Å². The smallest absolute Gasteiger partial charge is 0.255 e. The van der Waals surface area contributed by atoms with Crippen LogP contribution in [-0.2, 0) is 17.8 Å². The van der Waals surface area contributed by atoms with Crippen molar-refractivity contribution in [2.45, 2.75) is 39.3 Å². The Kier molecular flexibility index (Phi) is 8.36. The number of amides is 1. The molecule has 0 aliphatic carbocycles. The van der Waals surface area contributed by atoms with Crippen LogP contribution in [0, 0.1) is 0 Å². The van der Waals surface area contributed by atoms with Gasteiger partial charge in [0.1, 0.15) is 12.6 Å². The second kappa shape index (κ2) is 12.4. The topological polar surface area (TPSA) is 123 Å². The van der Waals surface area contributed by atoms with Crippen molar-refractivity contribution in [1.29, 1.82) is 0 Å². The van der Waals surface area contributed by atoms with E-state index in [1.165, 1.54) is 0 Å². The van der Waals surface area contributed by atoms with E-state index < -0.39 is 6.04 Å². The molecule has 5 rings (SSSR count). The van der Waals surface area contributed by atoms with Gasteiger partial charge in [0.05, 0.1) is 24.1 Å². The van der Waals surface area contributed by atoms with Crippen LogP contribution in [0.2, 0.25) is 0 Å². The summed E-state index contributed by atoms with van der Waals surface area (Å²) in [7, 11) is 0. The summed E-state index contributed by atoms with van der Waals surface area (Å²) in [5, 5.41) is 20.2. The number of pyridine rings is 1. The second-order valence-electron chi connectivity index (χ2n) is 9.30. The van der Waals surface area contributed by atoms with Gasteiger partial charge in [0, 0.05) is 24.9 Å². The van der Waals surface area contributed by atoms with E-state index in [1.54, 1.807) is 29.2 Å². The molecule has 1 atom stereocenters. The average Bonchev–Trinajstić information content (AvgIpc) is 3.38. The number of benzene rings is 2.